The number of nitrogens with one attached hydrogen (secondary N) is 1. The van der Waals surface area contributed by atoms with E-state index in [2.05, 4.69) is 22.7 Å². The van der Waals surface area contributed by atoms with Crippen LogP contribution in [0.2, 0.25) is 0 Å². The van der Waals surface area contributed by atoms with Crippen molar-refractivity contribution in [1.82, 2.24) is 5.43 Å². The molecule has 1 aliphatic carbocycles. The highest BCUT2D eigenvalue weighted by atomic mass is 32.1. The molecular formula is C12H15N3OS. The summed E-state index contributed by atoms with van der Waals surface area (Å²) in [7, 11) is 1.67. The van der Waals surface area contributed by atoms with Gasteiger partial charge in [0, 0.05) is 12.1 Å². The first kappa shape index (κ1) is 11.9. The first-order valence-electron chi connectivity index (χ1n) is 5.45. The Bertz CT molecular complexity index is 471. The average Bonchev–Trinajstić information content (AvgIpc) is 2.35. The van der Waals surface area contributed by atoms with Crippen LogP contribution in [-0.4, -0.2) is 17.9 Å². The summed E-state index contributed by atoms with van der Waals surface area (Å²) >= 11 is 4.72. The molecule has 5 heteroatoms. The van der Waals surface area contributed by atoms with Gasteiger partial charge in [-0.3, -0.25) is 5.43 Å². The number of aryl methyl sites for hydroxylation is 1. The van der Waals surface area contributed by atoms with Gasteiger partial charge in [0.05, 0.1) is 7.11 Å². The fourth-order valence-corrected chi connectivity index (χ4v) is 2.00. The first-order valence-corrected chi connectivity index (χ1v) is 5.86. The maximum atomic E-state index is 5.34. The third-order valence-corrected chi connectivity index (χ3v) is 2.91. The lowest BCUT2D eigenvalue weighted by Gasteiger charge is -2.18. The van der Waals surface area contributed by atoms with E-state index >= 15 is 0 Å². The second-order valence-corrected chi connectivity index (χ2v) is 4.41. The molecule has 0 aliphatic heterocycles. The fraction of sp³-hybridized carbons (Fsp3) is 0.333. The number of ether oxygens (including phenoxy) is 1. The zero-order valence-electron chi connectivity index (χ0n) is 9.69. The minimum atomic E-state index is 0.203. The van der Waals surface area contributed by atoms with Crippen LogP contribution in [0.4, 0.5) is 0 Å². The lowest BCUT2D eigenvalue weighted by atomic mass is 9.90. The second kappa shape index (κ2) is 5.14. The zero-order valence-corrected chi connectivity index (χ0v) is 10.5. The fourth-order valence-electron chi connectivity index (χ4n) is 1.95. The molecule has 0 radical (unpaired) electrons. The van der Waals surface area contributed by atoms with Gasteiger partial charge in [-0.05, 0) is 48.3 Å². The number of benzene rings is 1. The van der Waals surface area contributed by atoms with E-state index in [4.69, 9.17) is 22.7 Å². The van der Waals surface area contributed by atoms with Gasteiger partial charge in [-0.25, -0.2) is 0 Å². The Morgan fingerprint density at radius 2 is 2.24 bits per heavy atom. The predicted molar refractivity (Wildman–Crippen MR) is 72.4 cm³/mol. The summed E-state index contributed by atoms with van der Waals surface area (Å²) in [6.07, 6.45) is 2.76. The number of nitrogens with zero attached hydrogens (tertiary/aromatic N) is 1. The number of rotatable bonds is 2. The van der Waals surface area contributed by atoms with E-state index in [1.165, 1.54) is 11.1 Å². The summed E-state index contributed by atoms with van der Waals surface area (Å²) in [6, 6.07) is 6.17. The maximum absolute atomic E-state index is 5.34. The van der Waals surface area contributed by atoms with Crippen molar-refractivity contribution in [2.24, 2.45) is 10.8 Å². The Morgan fingerprint density at radius 3 is 2.94 bits per heavy atom. The normalized spacial score (nSPS) is 16.4. The van der Waals surface area contributed by atoms with Crippen molar-refractivity contribution >= 4 is 23.0 Å². The summed E-state index contributed by atoms with van der Waals surface area (Å²) < 4.78 is 5.22. The Hall–Kier alpha value is -1.62. The molecule has 1 aromatic carbocycles. The van der Waals surface area contributed by atoms with Crippen LogP contribution < -0.4 is 15.9 Å². The molecule has 1 aliphatic rings. The summed E-state index contributed by atoms with van der Waals surface area (Å²) in [5.41, 5.74) is 11.7. The summed E-state index contributed by atoms with van der Waals surface area (Å²) in [6.45, 7) is 0. The third kappa shape index (κ3) is 2.94. The molecule has 0 fully saturated rings. The average molecular weight is 249 g/mol. The van der Waals surface area contributed by atoms with E-state index in [0.29, 0.717) is 0 Å². The highest BCUT2D eigenvalue weighted by Crippen LogP contribution is 2.24. The maximum Gasteiger partial charge on any atom is 0.184 e. The number of hydrogen-bond acceptors (Lipinski definition) is 3. The van der Waals surface area contributed by atoms with Crippen LogP contribution in [0.25, 0.3) is 0 Å². The monoisotopic (exact) mass is 249 g/mol. The number of hydrogen-bond donors (Lipinski definition) is 2. The van der Waals surface area contributed by atoms with Gasteiger partial charge in [0.2, 0.25) is 0 Å². The van der Waals surface area contributed by atoms with Gasteiger partial charge in [-0.2, -0.15) is 5.10 Å². The Morgan fingerprint density at radius 1 is 1.41 bits per heavy atom. The molecule has 0 amide bonds. The van der Waals surface area contributed by atoms with Crippen molar-refractivity contribution in [3.63, 3.8) is 0 Å². The smallest absolute Gasteiger partial charge is 0.184 e. The second-order valence-electron chi connectivity index (χ2n) is 3.97. The standard InChI is InChI=1S/C12H15N3OS/c1-16-11-5-3-8-2-4-10(6-9(8)7-11)14-15-12(13)17/h3,5,7H,2,4,6H2,1H3,(H3,13,15,17)/b14-10+. The molecule has 2 rings (SSSR count). The molecule has 0 unspecified atom stereocenters. The van der Waals surface area contributed by atoms with Crippen molar-refractivity contribution in [3.05, 3.63) is 29.3 Å². The quantitative estimate of drug-likeness (QED) is 0.614. The van der Waals surface area contributed by atoms with Crippen LogP contribution in [0.3, 0.4) is 0 Å². The van der Waals surface area contributed by atoms with Crippen LogP contribution in [0.15, 0.2) is 23.3 Å². The van der Waals surface area contributed by atoms with Crippen LogP contribution in [-0.2, 0) is 12.8 Å². The zero-order chi connectivity index (χ0) is 12.3. The highest BCUT2D eigenvalue weighted by Gasteiger charge is 2.14. The van der Waals surface area contributed by atoms with Crippen molar-refractivity contribution in [2.45, 2.75) is 19.3 Å². The number of thiocarbonyl (C=S) groups is 1. The molecule has 0 atom stereocenters. The van der Waals surface area contributed by atoms with Crippen LogP contribution in [0.5, 0.6) is 5.75 Å². The SMILES string of the molecule is COc1ccc2c(c1)C/C(=N/NC(N)=S)CC2. The first-order chi connectivity index (χ1) is 8.19. The summed E-state index contributed by atoms with van der Waals surface area (Å²) in [5, 5.41) is 4.40. The molecule has 0 saturated heterocycles. The molecule has 0 bridgehead atoms. The number of hydrazone groups is 1. The molecule has 4 nitrogen and oxygen atoms in total. The van der Waals surface area contributed by atoms with Gasteiger partial charge in [0.1, 0.15) is 5.75 Å². The Balaban J connectivity index is 2.16. The van der Waals surface area contributed by atoms with Crippen molar-refractivity contribution in [1.29, 1.82) is 0 Å². The molecule has 0 aromatic heterocycles. The van der Waals surface area contributed by atoms with E-state index in [0.717, 1.165) is 30.7 Å². The lowest BCUT2D eigenvalue weighted by Crippen LogP contribution is -2.27. The third-order valence-electron chi connectivity index (χ3n) is 2.82. The minimum absolute atomic E-state index is 0.203. The molecule has 90 valence electrons. The highest BCUT2D eigenvalue weighted by molar-refractivity contribution is 7.80. The number of fused-ring (bicyclic) bond motifs is 1. The van der Waals surface area contributed by atoms with Crippen molar-refractivity contribution in [3.8, 4) is 5.75 Å². The molecule has 17 heavy (non-hydrogen) atoms. The summed E-state index contributed by atoms with van der Waals surface area (Å²) in [4.78, 5) is 0. The van der Waals surface area contributed by atoms with Crippen molar-refractivity contribution in [2.75, 3.05) is 7.11 Å². The largest absolute Gasteiger partial charge is 0.497 e. The van der Waals surface area contributed by atoms with Gasteiger partial charge >= 0.3 is 0 Å². The predicted octanol–water partition coefficient (Wildman–Crippen LogP) is 1.37. The lowest BCUT2D eigenvalue weighted by molar-refractivity contribution is 0.414. The minimum Gasteiger partial charge on any atom is -0.497 e. The van der Waals surface area contributed by atoms with Gasteiger partial charge in [-0.1, -0.05) is 6.07 Å². The van der Waals surface area contributed by atoms with Gasteiger partial charge in [-0.15, -0.1) is 0 Å². The Kier molecular flexibility index (Phi) is 3.58. The van der Waals surface area contributed by atoms with Gasteiger partial charge in [0.25, 0.3) is 0 Å². The van der Waals surface area contributed by atoms with E-state index in [9.17, 15) is 0 Å². The van der Waals surface area contributed by atoms with Crippen molar-refractivity contribution < 1.29 is 4.74 Å². The van der Waals surface area contributed by atoms with Crippen LogP contribution >= 0.6 is 12.2 Å². The topological polar surface area (TPSA) is 59.6 Å². The van der Waals surface area contributed by atoms with Crippen LogP contribution in [0, 0.1) is 0 Å². The Labute approximate surface area is 106 Å². The molecular weight excluding hydrogens is 234 g/mol. The van der Waals surface area contributed by atoms with E-state index in [1.54, 1.807) is 7.11 Å². The van der Waals surface area contributed by atoms with Crippen LogP contribution in [0.1, 0.15) is 17.5 Å². The van der Waals surface area contributed by atoms with Gasteiger partial charge in [0.15, 0.2) is 5.11 Å². The molecule has 0 heterocycles. The molecule has 1 aromatic rings. The number of nitrogens with two attached hydrogens (primary N) is 1. The summed E-state index contributed by atoms with van der Waals surface area (Å²) in [5.74, 6) is 0.882. The molecule has 0 spiro atoms. The molecule has 0 saturated carbocycles. The molecule has 3 N–H and O–H groups in total. The van der Waals surface area contributed by atoms with E-state index in [1.807, 2.05) is 6.07 Å². The number of methoxy groups -OCH3 is 1. The van der Waals surface area contributed by atoms with Gasteiger partial charge < -0.3 is 10.5 Å². The van der Waals surface area contributed by atoms with E-state index < -0.39 is 0 Å². The van der Waals surface area contributed by atoms with E-state index in [-0.39, 0.29) is 5.11 Å².